The van der Waals surface area contributed by atoms with Crippen molar-refractivity contribution in [2.24, 2.45) is 0 Å². The fourth-order valence-electron chi connectivity index (χ4n) is 6.94. The molecule has 10 aromatic rings. The molecule has 0 aliphatic rings. The van der Waals surface area contributed by atoms with E-state index in [1.807, 2.05) is 43.6 Å². The van der Waals surface area contributed by atoms with E-state index in [1.54, 1.807) is 0 Å². The second-order valence-corrected chi connectivity index (χ2v) is 13.6. The van der Waals surface area contributed by atoms with E-state index in [0.717, 1.165) is 55.0 Å². The molecule has 0 unspecified atom stereocenters. The average Bonchev–Trinajstić information content (AvgIpc) is 3.56. The molecule has 0 aliphatic carbocycles. The largest absolute Gasteiger partial charge is 0.500 e. The van der Waals surface area contributed by atoms with Crippen LogP contribution < -0.4 is 0 Å². The van der Waals surface area contributed by atoms with Crippen molar-refractivity contribution in [2.75, 3.05) is 0 Å². The minimum atomic E-state index is 0. The Morgan fingerprint density at radius 1 is 0.472 bits per heavy atom. The Bertz CT molecular complexity index is 2990. The molecule has 53 heavy (non-hydrogen) atoms. The summed E-state index contributed by atoms with van der Waals surface area (Å²) in [5, 5.41) is 12.6. The van der Waals surface area contributed by atoms with Crippen LogP contribution in [0.4, 0.5) is 0 Å². The Kier molecular flexibility index (Phi) is 9.18. The van der Waals surface area contributed by atoms with E-state index in [-0.39, 0.29) is 20.1 Å². The molecule has 12 bridgehead atoms. The zero-order valence-electron chi connectivity index (χ0n) is 29.6. The third-order valence-corrected chi connectivity index (χ3v) is 9.84. The van der Waals surface area contributed by atoms with E-state index in [0.29, 0.717) is 0 Å². The van der Waals surface area contributed by atoms with Crippen LogP contribution in [0.15, 0.2) is 156 Å². The number of aryl methyl sites for hydroxylation is 3. The van der Waals surface area contributed by atoms with Crippen molar-refractivity contribution in [1.82, 2.24) is 9.97 Å². The predicted molar refractivity (Wildman–Crippen MR) is 218 cm³/mol. The molecule has 0 N–H and O–H groups in total. The first-order chi connectivity index (χ1) is 25.4. The second kappa shape index (κ2) is 14.2. The molecule has 3 aromatic heterocycles. The van der Waals surface area contributed by atoms with Crippen molar-refractivity contribution in [1.29, 1.82) is 0 Å². The van der Waals surface area contributed by atoms with Crippen LogP contribution in [0.1, 0.15) is 16.7 Å². The Balaban J connectivity index is 0.000000226. The average molecular weight is 859 g/mol. The van der Waals surface area contributed by atoms with Gasteiger partial charge in [-0.1, -0.05) is 91.2 Å². The summed E-state index contributed by atoms with van der Waals surface area (Å²) in [5.74, 6) is 0. The molecule has 0 saturated carbocycles. The van der Waals surface area contributed by atoms with Gasteiger partial charge in [0, 0.05) is 37.9 Å². The van der Waals surface area contributed by atoms with E-state index in [1.165, 1.54) is 48.8 Å². The maximum absolute atomic E-state index is 6.19. The van der Waals surface area contributed by atoms with Gasteiger partial charge in [0.2, 0.25) is 0 Å². The molecular weight excluding hydrogens is 825 g/mol. The summed E-state index contributed by atoms with van der Waals surface area (Å²) in [4.78, 5) is 9.14. The van der Waals surface area contributed by atoms with Crippen molar-refractivity contribution in [2.45, 2.75) is 20.8 Å². The Morgan fingerprint density at radius 3 is 1.74 bits per heavy atom. The summed E-state index contributed by atoms with van der Waals surface area (Å²) in [7, 11) is 0. The zero-order valence-corrected chi connectivity index (χ0v) is 32.0. The minimum Gasteiger partial charge on any atom is -0.500 e. The van der Waals surface area contributed by atoms with Crippen LogP contribution in [-0.4, -0.2) is 9.97 Å². The number of furan rings is 1. The van der Waals surface area contributed by atoms with E-state index < -0.39 is 0 Å². The van der Waals surface area contributed by atoms with Crippen molar-refractivity contribution in [3.05, 3.63) is 181 Å². The molecule has 0 amide bonds. The number of benzene rings is 6. The van der Waals surface area contributed by atoms with Gasteiger partial charge in [0.05, 0.1) is 5.58 Å². The fraction of sp³-hybridized carbons (Fsp3) is 0.0612. The van der Waals surface area contributed by atoms with Crippen molar-refractivity contribution in [3.8, 4) is 11.3 Å². The summed E-state index contributed by atoms with van der Waals surface area (Å²) in [6.45, 7) is 6.22. The second-order valence-electron chi connectivity index (χ2n) is 13.6. The summed E-state index contributed by atoms with van der Waals surface area (Å²) >= 11 is 0. The van der Waals surface area contributed by atoms with Crippen molar-refractivity contribution < 1.29 is 24.5 Å². The molecular formula is C49H34IrN2O-2. The van der Waals surface area contributed by atoms with Crippen molar-refractivity contribution in [3.63, 3.8) is 0 Å². The first kappa shape index (κ1) is 34.2. The maximum Gasteiger partial charge on any atom is 0.121 e. The van der Waals surface area contributed by atoms with Gasteiger partial charge in [0.25, 0.3) is 0 Å². The van der Waals surface area contributed by atoms with Crippen LogP contribution in [0.2, 0.25) is 0 Å². The van der Waals surface area contributed by atoms with Crippen LogP contribution in [0.3, 0.4) is 0 Å². The third kappa shape index (κ3) is 6.76. The molecule has 1 radical (unpaired) electrons. The third-order valence-electron chi connectivity index (χ3n) is 9.84. The molecule has 4 heteroatoms. The first-order valence-electron chi connectivity index (χ1n) is 17.5. The number of hydrogen-bond acceptors (Lipinski definition) is 3. The molecule has 3 heterocycles. The Morgan fingerprint density at radius 2 is 1.09 bits per heavy atom. The number of aromatic nitrogens is 2. The van der Waals surface area contributed by atoms with Gasteiger partial charge in [-0.05, 0) is 110 Å². The van der Waals surface area contributed by atoms with Gasteiger partial charge in [-0.25, -0.2) is 0 Å². The van der Waals surface area contributed by atoms with E-state index in [4.69, 9.17) is 9.40 Å². The minimum absolute atomic E-state index is 0. The number of rotatable bonds is 1. The van der Waals surface area contributed by atoms with E-state index in [9.17, 15) is 0 Å². The van der Waals surface area contributed by atoms with Gasteiger partial charge in [-0.15, -0.1) is 59.0 Å². The molecule has 0 atom stereocenters. The smallest absolute Gasteiger partial charge is 0.121 e. The van der Waals surface area contributed by atoms with Crippen molar-refractivity contribution >= 4 is 75.9 Å². The van der Waals surface area contributed by atoms with E-state index in [2.05, 4.69) is 146 Å². The number of nitrogens with zero attached hydrogens (tertiary/aromatic N) is 2. The summed E-state index contributed by atoms with van der Waals surface area (Å²) in [6, 6.07) is 56.0. The maximum atomic E-state index is 6.19. The Labute approximate surface area is 321 Å². The molecule has 0 spiro atoms. The van der Waals surface area contributed by atoms with Gasteiger partial charge in [-0.3, -0.25) is 0 Å². The van der Waals surface area contributed by atoms with Gasteiger partial charge < -0.3 is 14.4 Å². The fourth-order valence-corrected chi connectivity index (χ4v) is 6.94. The van der Waals surface area contributed by atoms with Crippen LogP contribution in [-0.2, 0) is 20.1 Å². The molecule has 10 rings (SSSR count). The van der Waals surface area contributed by atoms with Gasteiger partial charge in [0.15, 0.2) is 0 Å². The Hall–Kier alpha value is -5.93. The van der Waals surface area contributed by atoms with Gasteiger partial charge in [-0.2, -0.15) is 0 Å². The van der Waals surface area contributed by atoms with Gasteiger partial charge >= 0.3 is 0 Å². The molecule has 0 saturated heterocycles. The number of hydrogen-bond donors (Lipinski definition) is 0. The molecule has 257 valence electrons. The quantitative estimate of drug-likeness (QED) is 0.154. The molecule has 0 fully saturated rings. The topological polar surface area (TPSA) is 38.9 Å². The number of pyridine rings is 2. The predicted octanol–water partition coefficient (Wildman–Crippen LogP) is 13.1. The molecule has 3 nitrogen and oxygen atoms in total. The zero-order chi connectivity index (χ0) is 35.2. The van der Waals surface area contributed by atoms with Crippen LogP contribution in [0, 0.1) is 32.9 Å². The van der Waals surface area contributed by atoms with Crippen LogP contribution >= 0.6 is 0 Å². The normalized spacial score (nSPS) is 11.2. The standard InChI is InChI=1S/C36H22NO.C13H12N.Ir/c1-22-21-37-34-20-31(22)29-10-4-9-27(17-29)25-7-2-5-23(15-25)24-6-3-8-26(16-24)28-11-13-35-32(18-28)33-19-30(34)12-14-36(33)38-35;1-10-3-6-12(7-4-10)13-8-5-11(2)9-14-13;/h2-11,13-21H,1H3;3-6,8-9H,1-2H3;/q2*-1;. The molecule has 7 aromatic carbocycles. The monoisotopic (exact) mass is 859 g/mol. The van der Waals surface area contributed by atoms with E-state index >= 15 is 0 Å². The van der Waals surface area contributed by atoms with Gasteiger partial charge in [0.1, 0.15) is 5.58 Å². The van der Waals surface area contributed by atoms with Crippen LogP contribution in [0.25, 0.3) is 87.2 Å². The summed E-state index contributed by atoms with van der Waals surface area (Å²) < 4.78 is 6.19. The van der Waals surface area contributed by atoms with Crippen LogP contribution in [0.5, 0.6) is 0 Å². The number of fused-ring (bicyclic) bond motifs is 15. The summed E-state index contributed by atoms with van der Waals surface area (Å²) in [6.07, 6.45) is 3.84. The first-order valence-corrected chi connectivity index (χ1v) is 17.5. The summed E-state index contributed by atoms with van der Waals surface area (Å²) in [5.41, 5.74) is 8.19. The molecule has 0 aliphatic heterocycles. The SMILES string of the molecule is Cc1c[c-]c(-c2ccc(C)cn2)cc1.Cc1cnc2cc1c1cccc(c1)c1cccc(c1)c1cccc(c1)c1ccc3oc4c[c-]c2cc4c3c1.[Ir].